The number of fused-ring (bicyclic) bond motifs is 2. The van der Waals surface area contributed by atoms with Crippen LogP contribution in [-0.2, 0) is 11.3 Å². The van der Waals surface area contributed by atoms with Crippen LogP contribution in [0.5, 0.6) is 0 Å². The lowest BCUT2D eigenvalue weighted by Gasteiger charge is -2.33. The minimum Gasteiger partial charge on any atom is -0.445 e. The van der Waals surface area contributed by atoms with Gasteiger partial charge < -0.3 is 9.64 Å². The van der Waals surface area contributed by atoms with E-state index >= 15 is 0 Å². The molecule has 2 aliphatic rings. The highest BCUT2D eigenvalue weighted by molar-refractivity contribution is 5.94. The molecule has 2 unspecified atom stereocenters. The van der Waals surface area contributed by atoms with Gasteiger partial charge in [0.15, 0.2) is 0 Å². The minimum absolute atomic E-state index is 0.00146. The topological polar surface area (TPSA) is 49.9 Å². The van der Waals surface area contributed by atoms with Crippen molar-refractivity contribution in [1.82, 2.24) is 9.80 Å². The Kier molecular flexibility index (Phi) is 5.38. The molecule has 1 saturated heterocycles. The predicted molar refractivity (Wildman–Crippen MR) is 112 cm³/mol. The third kappa shape index (κ3) is 4.04. The Bertz CT molecular complexity index is 919. The number of hydrogen-bond acceptors (Lipinski definition) is 3. The number of carbonyl (C=O) groups excluding carboxylic acids is 2. The predicted octanol–water partition coefficient (Wildman–Crippen LogP) is 4.35. The molecule has 5 nitrogen and oxygen atoms in total. The number of nitrogens with zero attached hydrogens (tertiary/aromatic N) is 2. The van der Waals surface area contributed by atoms with Crippen LogP contribution < -0.4 is 0 Å². The first-order chi connectivity index (χ1) is 14.0. The molecule has 1 fully saturated rings. The van der Waals surface area contributed by atoms with Gasteiger partial charge in [-0.3, -0.25) is 9.69 Å². The summed E-state index contributed by atoms with van der Waals surface area (Å²) in [5.41, 5.74) is 4.04. The number of ether oxygens (including phenoxy) is 1. The fourth-order valence-electron chi connectivity index (χ4n) is 4.21. The van der Waals surface area contributed by atoms with Gasteiger partial charge in [-0.05, 0) is 48.1 Å². The molecule has 0 saturated carbocycles. The number of carbonyl (C=O) groups is 2. The second-order valence-electron chi connectivity index (χ2n) is 7.92. The first-order valence-corrected chi connectivity index (χ1v) is 10.0. The summed E-state index contributed by atoms with van der Waals surface area (Å²) in [6, 6.07) is 17.8. The van der Waals surface area contributed by atoms with E-state index in [1.807, 2.05) is 59.5 Å². The Hall–Kier alpha value is -3.08. The number of amides is 2. The van der Waals surface area contributed by atoms with Crippen LogP contribution in [0, 0.1) is 0 Å². The zero-order chi connectivity index (χ0) is 20.4. The number of hydrogen-bond donors (Lipinski definition) is 0. The molecular weight excluding hydrogens is 364 g/mol. The molecule has 2 heterocycles. The molecule has 0 aromatic heterocycles. The number of rotatable bonds is 4. The van der Waals surface area contributed by atoms with E-state index < -0.39 is 0 Å². The van der Waals surface area contributed by atoms with Gasteiger partial charge in [0.25, 0.3) is 5.91 Å². The Labute approximate surface area is 171 Å². The third-order valence-corrected chi connectivity index (χ3v) is 5.72. The van der Waals surface area contributed by atoms with Crippen LogP contribution in [0.3, 0.4) is 0 Å². The van der Waals surface area contributed by atoms with E-state index in [1.165, 1.54) is 5.57 Å². The fraction of sp³-hybridized carbons (Fsp3) is 0.333. The summed E-state index contributed by atoms with van der Waals surface area (Å²) < 4.78 is 5.57. The van der Waals surface area contributed by atoms with Crippen molar-refractivity contribution in [1.29, 1.82) is 0 Å². The molecule has 4 rings (SSSR count). The van der Waals surface area contributed by atoms with Gasteiger partial charge >= 0.3 is 6.09 Å². The minimum atomic E-state index is -0.233. The van der Waals surface area contributed by atoms with Crippen molar-refractivity contribution < 1.29 is 14.3 Å². The Morgan fingerprint density at radius 1 is 1.03 bits per heavy atom. The smallest absolute Gasteiger partial charge is 0.410 e. The summed E-state index contributed by atoms with van der Waals surface area (Å²) in [4.78, 5) is 28.2. The molecule has 2 aromatic carbocycles. The lowest BCUT2D eigenvalue weighted by molar-refractivity contribution is 0.0821. The zero-order valence-electron chi connectivity index (χ0n) is 16.9. The van der Waals surface area contributed by atoms with Gasteiger partial charge in [-0.25, -0.2) is 4.79 Å². The van der Waals surface area contributed by atoms with Crippen molar-refractivity contribution in [3.8, 4) is 0 Å². The van der Waals surface area contributed by atoms with Crippen LogP contribution in [0.15, 0.2) is 60.7 Å². The molecule has 2 aromatic rings. The van der Waals surface area contributed by atoms with Crippen molar-refractivity contribution in [2.75, 3.05) is 14.1 Å². The van der Waals surface area contributed by atoms with Crippen LogP contribution in [0.25, 0.3) is 5.57 Å². The van der Waals surface area contributed by atoms with Crippen molar-refractivity contribution >= 4 is 17.6 Å². The van der Waals surface area contributed by atoms with E-state index in [1.54, 1.807) is 19.0 Å². The van der Waals surface area contributed by atoms with E-state index in [9.17, 15) is 9.59 Å². The summed E-state index contributed by atoms with van der Waals surface area (Å²) in [5.74, 6) is 0.00146. The molecule has 150 valence electrons. The normalized spacial score (nSPS) is 20.2. The Morgan fingerprint density at radius 2 is 1.76 bits per heavy atom. The van der Waals surface area contributed by atoms with Gasteiger partial charge in [0.05, 0.1) is 6.04 Å². The lowest BCUT2D eigenvalue weighted by atomic mass is 9.94. The molecule has 29 heavy (non-hydrogen) atoms. The Balaban J connectivity index is 1.44. The van der Waals surface area contributed by atoms with E-state index in [0.29, 0.717) is 12.2 Å². The van der Waals surface area contributed by atoms with Gasteiger partial charge in [-0.15, -0.1) is 0 Å². The van der Waals surface area contributed by atoms with E-state index in [2.05, 4.69) is 6.08 Å². The second kappa shape index (κ2) is 8.11. The van der Waals surface area contributed by atoms with Gasteiger partial charge in [-0.2, -0.15) is 0 Å². The highest BCUT2D eigenvalue weighted by Gasteiger charge is 2.40. The van der Waals surface area contributed by atoms with Crippen molar-refractivity contribution in [3.63, 3.8) is 0 Å². The van der Waals surface area contributed by atoms with E-state index in [0.717, 1.165) is 30.4 Å². The van der Waals surface area contributed by atoms with Crippen LogP contribution in [0.4, 0.5) is 4.79 Å². The average molecular weight is 390 g/mol. The molecular formula is C24H26N2O3. The quantitative estimate of drug-likeness (QED) is 0.780. The molecule has 0 aliphatic carbocycles. The van der Waals surface area contributed by atoms with E-state index in [-0.39, 0.29) is 24.1 Å². The van der Waals surface area contributed by atoms with Crippen molar-refractivity contribution in [2.45, 2.75) is 38.0 Å². The second-order valence-corrected chi connectivity index (χ2v) is 7.92. The Morgan fingerprint density at radius 3 is 2.41 bits per heavy atom. The summed E-state index contributed by atoms with van der Waals surface area (Å²) in [6.45, 7) is 0.299. The molecule has 2 atom stereocenters. The summed E-state index contributed by atoms with van der Waals surface area (Å²) in [6.07, 6.45) is 4.73. The van der Waals surface area contributed by atoms with Gasteiger partial charge in [-0.1, -0.05) is 48.5 Å². The maximum atomic E-state index is 12.7. The van der Waals surface area contributed by atoms with Crippen LogP contribution in [0.2, 0.25) is 0 Å². The van der Waals surface area contributed by atoms with Crippen molar-refractivity contribution in [2.24, 2.45) is 0 Å². The number of benzene rings is 2. The highest BCUT2D eigenvalue weighted by atomic mass is 16.6. The van der Waals surface area contributed by atoms with Crippen LogP contribution >= 0.6 is 0 Å². The first-order valence-electron chi connectivity index (χ1n) is 10.0. The molecule has 0 N–H and O–H groups in total. The average Bonchev–Trinajstić information content (AvgIpc) is 3.01. The van der Waals surface area contributed by atoms with E-state index in [4.69, 9.17) is 4.74 Å². The van der Waals surface area contributed by atoms with Crippen molar-refractivity contribution in [3.05, 3.63) is 77.4 Å². The molecule has 2 bridgehead atoms. The largest absolute Gasteiger partial charge is 0.445 e. The van der Waals surface area contributed by atoms with Gasteiger partial charge in [0.2, 0.25) is 0 Å². The fourth-order valence-corrected chi connectivity index (χ4v) is 4.21. The van der Waals surface area contributed by atoms with Crippen LogP contribution in [0.1, 0.15) is 40.7 Å². The van der Waals surface area contributed by atoms with Crippen LogP contribution in [-0.4, -0.2) is 48.0 Å². The maximum Gasteiger partial charge on any atom is 0.410 e. The standard InChI is InChI=1S/C24H26N2O3/c1-25(2)23(27)19-10-8-18(9-11-19)20-14-21-12-13-22(15-20)26(21)24(28)29-16-17-6-4-3-5-7-17/h3-11,14,21-22H,12-13,15-16H2,1-2H3. The maximum absolute atomic E-state index is 12.7. The van der Waals surface area contributed by atoms with Gasteiger partial charge in [0, 0.05) is 25.7 Å². The molecule has 2 aliphatic heterocycles. The third-order valence-electron chi connectivity index (χ3n) is 5.72. The summed E-state index contributed by atoms with van der Waals surface area (Å²) in [7, 11) is 3.51. The van der Waals surface area contributed by atoms with Gasteiger partial charge in [0.1, 0.15) is 6.61 Å². The zero-order valence-corrected chi connectivity index (χ0v) is 16.9. The summed E-state index contributed by atoms with van der Waals surface area (Å²) in [5, 5.41) is 0. The highest BCUT2D eigenvalue weighted by Crippen LogP contribution is 2.39. The summed E-state index contributed by atoms with van der Waals surface area (Å²) >= 11 is 0. The molecule has 0 radical (unpaired) electrons. The molecule has 2 amide bonds. The molecule has 5 heteroatoms. The lowest BCUT2D eigenvalue weighted by Crippen LogP contribution is -2.43. The monoisotopic (exact) mass is 390 g/mol. The SMILES string of the molecule is CN(C)C(=O)c1ccc(C2=CC3CCC(C2)N3C(=O)OCc2ccccc2)cc1. The molecule has 0 spiro atoms. The first kappa shape index (κ1) is 19.2.